The molecule has 0 amide bonds. The third kappa shape index (κ3) is 9.24. The lowest BCUT2D eigenvalue weighted by Crippen LogP contribution is -1.86. The summed E-state index contributed by atoms with van der Waals surface area (Å²) >= 11 is 0. The summed E-state index contributed by atoms with van der Waals surface area (Å²) < 4.78 is 0. The fraction of sp³-hybridized carbons (Fsp3) is 0.875. The molecule has 1 aliphatic carbocycles. The minimum absolute atomic E-state index is 1.36. The summed E-state index contributed by atoms with van der Waals surface area (Å²) in [6.45, 7) is 0. The van der Waals surface area contributed by atoms with Crippen LogP contribution in [0.5, 0.6) is 0 Å². The molecule has 0 aromatic rings. The maximum atomic E-state index is 2.52. The third-order valence-corrected chi connectivity index (χ3v) is 3.63. The molecule has 0 saturated heterocycles. The first-order valence-corrected chi connectivity index (χ1v) is 7.63. The van der Waals surface area contributed by atoms with Crippen molar-refractivity contribution >= 4 is 0 Å². The molecule has 1 saturated carbocycles. The predicted octanol–water partition coefficient (Wildman–Crippen LogP) is 5.87. The molecule has 16 heavy (non-hydrogen) atoms. The number of rotatable bonds is 0. The third-order valence-electron chi connectivity index (χ3n) is 3.63. The zero-order chi connectivity index (χ0) is 11.3. The normalized spacial score (nSPS) is 24.0. The van der Waals surface area contributed by atoms with Gasteiger partial charge in [-0.3, -0.25) is 0 Å². The van der Waals surface area contributed by atoms with Crippen molar-refractivity contribution in [2.24, 2.45) is 0 Å². The average Bonchev–Trinajstić information content (AvgIpc) is 2.29. The Morgan fingerprint density at radius 2 is 0.562 bits per heavy atom. The van der Waals surface area contributed by atoms with Gasteiger partial charge in [0.15, 0.2) is 0 Å². The van der Waals surface area contributed by atoms with Gasteiger partial charge in [0.05, 0.1) is 0 Å². The second kappa shape index (κ2) is 11.5. The van der Waals surface area contributed by atoms with Crippen LogP contribution in [0.4, 0.5) is 0 Å². The lowest BCUT2D eigenvalue weighted by atomic mass is 10.0. The summed E-state index contributed by atoms with van der Waals surface area (Å²) in [5.41, 5.74) is 0. The maximum absolute atomic E-state index is 2.52. The standard InChI is InChI=1S/C16H30/c1-2-4-6-8-10-12-14-16-15-13-11-9-7-5-3-1/h1,10H,2-9,11-16H2. The second-order valence-electron chi connectivity index (χ2n) is 5.27. The highest BCUT2D eigenvalue weighted by Gasteiger charge is 1.96. The highest BCUT2D eigenvalue weighted by molar-refractivity contribution is 4.68. The van der Waals surface area contributed by atoms with Crippen molar-refractivity contribution in [2.45, 2.75) is 89.9 Å². The van der Waals surface area contributed by atoms with Gasteiger partial charge in [0.25, 0.3) is 0 Å². The Bertz CT molecular complexity index is 64.0. The Labute approximate surface area is 103 Å². The SMILES string of the molecule is [CH]1CCCC[CH]CCCCCCCCCC1. The van der Waals surface area contributed by atoms with Crippen LogP contribution in [0.2, 0.25) is 0 Å². The molecule has 1 aliphatic rings. The van der Waals surface area contributed by atoms with Gasteiger partial charge in [-0.15, -0.1) is 0 Å². The van der Waals surface area contributed by atoms with Crippen LogP contribution in [-0.2, 0) is 0 Å². The summed E-state index contributed by atoms with van der Waals surface area (Å²) in [7, 11) is 0. The van der Waals surface area contributed by atoms with Crippen molar-refractivity contribution in [3.8, 4) is 0 Å². The quantitative estimate of drug-likeness (QED) is 0.481. The summed E-state index contributed by atoms with van der Waals surface area (Å²) in [4.78, 5) is 0. The fourth-order valence-corrected chi connectivity index (χ4v) is 2.50. The van der Waals surface area contributed by atoms with Crippen LogP contribution in [0.1, 0.15) is 89.9 Å². The van der Waals surface area contributed by atoms with E-state index in [1.54, 1.807) is 0 Å². The molecule has 0 nitrogen and oxygen atoms in total. The zero-order valence-corrected chi connectivity index (χ0v) is 11.1. The Kier molecular flexibility index (Phi) is 10.1. The van der Waals surface area contributed by atoms with Crippen molar-refractivity contribution in [3.05, 3.63) is 12.8 Å². The Hall–Kier alpha value is 0. The first-order valence-electron chi connectivity index (χ1n) is 7.63. The van der Waals surface area contributed by atoms with Gasteiger partial charge in [0.1, 0.15) is 0 Å². The van der Waals surface area contributed by atoms with E-state index in [2.05, 4.69) is 12.8 Å². The van der Waals surface area contributed by atoms with Crippen molar-refractivity contribution in [1.29, 1.82) is 0 Å². The van der Waals surface area contributed by atoms with E-state index in [9.17, 15) is 0 Å². The summed E-state index contributed by atoms with van der Waals surface area (Å²) in [6.07, 6.45) is 25.0. The molecule has 0 atom stereocenters. The van der Waals surface area contributed by atoms with E-state index in [1.165, 1.54) is 89.9 Å². The van der Waals surface area contributed by atoms with Crippen LogP contribution < -0.4 is 0 Å². The van der Waals surface area contributed by atoms with Crippen molar-refractivity contribution in [1.82, 2.24) is 0 Å². The summed E-state index contributed by atoms with van der Waals surface area (Å²) in [6, 6.07) is 0. The van der Waals surface area contributed by atoms with Crippen molar-refractivity contribution in [2.75, 3.05) is 0 Å². The van der Waals surface area contributed by atoms with Crippen LogP contribution in [0, 0.1) is 12.8 Å². The monoisotopic (exact) mass is 222 g/mol. The first kappa shape index (κ1) is 14.1. The lowest BCUT2D eigenvalue weighted by Gasteiger charge is -2.05. The van der Waals surface area contributed by atoms with Gasteiger partial charge in [-0.05, 0) is 12.8 Å². The van der Waals surface area contributed by atoms with Crippen molar-refractivity contribution < 1.29 is 0 Å². The molecule has 0 aromatic carbocycles. The Morgan fingerprint density at radius 3 is 0.938 bits per heavy atom. The van der Waals surface area contributed by atoms with Crippen LogP contribution >= 0.6 is 0 Å². The molecule has 2 radical (unpaired) electrons. The summed E-state index contributed by atoms with van der Waals surface area (Å²) in [5.74, 6) is 0. The maximum Gasteiger partial charge on any atom is -0.0386 e. The molecule has 0 N–H and O–H groups in total. The van der Waals surface area contributed by atoms with E-state index in [4.69, 9.17) is 0 Å². The van der Waals surface area contributed by atoms with Gasteiger partial charge in [0, 0.05) is 0 Å². The summed E-state index contributed by atoms with van der Waals surface area (Å²) in [5, 5.41) is 0. The molecule has 1 rings (SSSR count). The van der Waals surface area contributed by atoms with E-state index < -0.39 is 0 Å². The van der Waals surface area contributed by atoms with Gasteiger partial charge in [-0.1, -0.05) is 89.9 Å². The minimum atomic E-state index is 1.36. The van der Waals surface area contributed by atoms with Crippen molar-refractivity contribution in [3.63, 3.8) is 0 Å². The molecular formula is C16H30. The predicted molar refractivity (Wildman–Crippen MR) is 73.2 cm³/mol. The highest BCUT2D eigenvalue weighted by atomic mass is 14.0. The van der Waals surface area contributed by atoms with Gasteiger partial charge in [-0.25, -0.2) is 0 Å². The topological polar surface area (TPSA) is 0 Å². The fourth-order valence-electron chi connectivity index (χ4n) is 2.50. The highest BCUT2D eigenvalue weighted by Crippen LogP contribution is 2.15. The molecule has 0 heterocycles. The van der Waals surface area contributed by atoms with Gasteiger partial charge >= 0.3 is 0 Å². The van der Waals surface area contributed by atoms with Crippen LogP contribution in [0.25, 0.3) is 0 Å². The van der Waals surface area contributed by atoms with Crippen LogP contribution in [0.15, 0.2) is 0 Å². The molecule has 94 valence electrons. The largest absolute Gasteiger partial charge is 0.0533 e. The zero-order valence-electron chi connectivity index (χ0n) is 11.1. The molecular weight excluding hydrogens is 192 g/mol. The van der Waals surface area contributed by atoms with E-state index in [0.29, 0.717) is 0 Å². The van der Waals surface area contributed by atoms with E-state index in [1.807, 2.05) is 0 Å². The van der Waals surface area contributed by atoms with E-state index in [0.717, 1.165) is 0 Å². The van der Waals surface area contributed by atoms with E-state index >= 15 is 0 Å². The smallest absolute Gasteiger partial charge is 0.0386 e. The Morgan fingerprint density at radius 1 is 0.312 bits per heavy atom. The average molecular weight is 222 g/mol. The lowest BCUT2D eigenvalue weighted by molar-refractivity contribution is 0.553. The number of hydrogen-bond acceptors (Lipinski definition) is 0. The van der Waals surface area contributed by atoms with Crippen LogP contribution in [-0.4, -0.2) is 0 Å². The van der Waals surface area contributed by atoms with E-state index in [-0.39, 0.29) is 0 Å². The first-order chi connectivity index (χ1) is 8.00. The van der Waals surface area contributed by atoms with Gasteiger partial charge < -0.3 is 0 Å². The van der Waals surface area contributed by atoms with Gasteiger partial charge in [0.2, 0.25) is 0 Å². The molecule has 0 spiro atoms. The molecule has 0 aliphatic heterocycles. The molecule has 0 bridgehead atoms. The molecule has 0 aromatic heterocycles. The minimum Gasteiger partial charge on any atom is -0.0533 e. The molecule has 0 heteroatoms. The second-order valence-corrected chi connectivity index (χ2v) is 5.27. The Balaban J connectivity index is 2.00. The molecule has 0 unspecified atom stereocenters. The number of hydrogen-bond donors (Lipinski definition) is 0. The molecule has 1 fully saturated rings. The van der Waals surface area contributed by atoms with Gasteiger partial charge in [-0.2, -0.15) is 0 Å². The van der Waals surface area contributed by atoms with Crippen LogP contribution in [0.3, 0.4) is 0 Å².